The molecule has 0 aromatic heterocycles. The molecule has 0 radical (unpaired) electrons. The molecule has 2 unspecified atom stereocenters. The van der Waals surface area contributed by atoms with E-state index in [-0.39, 0.29) is 41.2 Å². The van der Waals surface area contributed by atoms with Crippen molar-refractivity contribution in [2.75, 3.05) is 6.61 Å². The van der Waals surface area contributed by atoms with Crippen molar-refractivity contribution in [1.29, 1.82) is 0 Å². The molecule has 6 fully saturated rings. The zero-order valence-corrected chi connectivity index (χ0v) is 20.3. The van der Waals surface area contributed by atoms with Crippen LogP contribution in [-0.2, 0) is 14.3 Å². The predicted octanol–water partition coefficient (Wildman–Crippen LogP) is 3.94. The molecule has 1 spiro atoms. The molecule has 180 valence electrons. The molecule has 2 saturated heterocycles. The Bertz CT molecular complexity index is 789. The predicted molar refractivity (Wildman–Crippen MR) is 120 cm³/mol. The summed E-state index contributed by atoms with van der Waals surface area (Å²) in [6.45, 7) is 9.70. The maximum absolute atomic E-state index is 14.0. The minimum Gasteiger partial charge on any atom is -0.393 e. The van der Waals surface area contributed by atoms with Crippen LogP contribution in [0, 0.1) is 52.3 Å². The molecule has 4 saturated carbocycles. The summed E-state index contributed by atoms with van der Waals surface area (Å²) in [5.41, 5.74) is -0.523. The minimum atomic E-state index is -0.921. The highest BCUT2D eigenvalue weighted by molar-refractivity contribution is 5.88. The van der Waals surface area contributed by atoms with Crippen molar-refractivity contribution in [2.24, 2.45) is 52.3 Å². The van der Waals surface area contributed by atoms with Gasteiger partial charge in [0.25, 0.3) is 0 Å². The van der Waals surface area contributed by atoms with Gasteiger partial charge in [-0.05, 0) is 74.0 Å². The quantitative estimate of drug-likeness (QED) is 0.589. The molecule has 4 aliphatic carbocycles. The molecule has 0 bridgehead atoms. The fraction of sp³-hybridized carbons (Fsp3) is 0.963. The average Bonchev–Trinajstić information content (AvgIpc) is 3.20. The Morgan fingerprint density at radius 1 is 1.00 bits per heavy atom. The molecule has 2 heterocycles. The maximum atomic E-state index is 14.0. The molecule has 2 aliphatic heterocycles. The van der Waals surface area contributed by atoms with Crippen molar-refractivity contribution in [3.63, 3.8) is 0 Å². The van der Waals surface area contributed by atoms with Gasteiger partial charge in [0, 0.05) is 29.6 Å². The fourth-order valence-electron chi connectivity index (χ4n) is 10.0. The van der Waals surface area contributed by atoms with Gasteiger partial charge in [-0.2, -0.15) is 0 Å². The number of ketones is 1. The Labute approximate surface area is 192 Å². The standard InChI is InChI=1S/C27H42O5/c1-14-7-10-27(31-13-14)15(2)21-20(32-27)12-19-18-6-5-16-11-17(28)8-9-25(16,3)22(18)23(29)24(30)26(19,21)4/h14-22,24,28,30H,5-13H2,1-4H3/t14-,15+,16?,17+,18+,19+,20+,21+,22-,24?,25+,26+,27-/m1/s1. The average molecular weight is 447 g/mol. The minimum absolute atomic E-state index is 0.0725. The van der Waals surface area contributed by atoms with E-state index in [4.69, 9.17) is 9.47 Å². The Kier molecular flexibility index (Phi) is 4.83. The first-order valence-corrected chi connectivity index (χ1v) is 13.3. The number of ether oxygens (including phenoxy) is 2. The first-order chi connectivity index (χ1) is 15.1. The first kappa shape index (κ1) is 22.0. The summed E-state index contributed by atoms with van der Waals surface area (Å²) in [7, 11) is 0. The van der Waals surface area contributed by atoms with Gasteiger partial charge in [-0.1, -0.05) is 27.7 Å². The van der Waals surface area contributed by atoms with E-state index in [2.05, 4.69) is 27.7 Å². The van der Waals surface area contributed by atoms with Crippen LogP contribution in [0.15, 0.2) is 0 Å². The van der Waals surface area contributed by atoms with Gasteiger partial charge in [0.15, 0.2) is 11.6 Å². The second-order valence-electron chi connectivity index (χ2n) is 13.1. The molecule has 5 nitrogen and oxygen atoms in total. The zero-order chi connectivity index (χ0) is 22.6. The highest BCUT2D eigenvalue weighted by atomic mass is 16.7. The Balaban J connectivity index is 1.34. The van der Waals surface area contributed by atoms with Gasteiger partial charge >= 0.3 is 0 Å². The summed E-state index contributed by atoms with van der Waals surface area (Å²) in [6, 6.07) is 0. The van der Waals surface area contributed by atoms with E-state index in [9.17, 15) is 15.0 Å². The number of hydrogen-bond donors (Lipinski definition) is 2. The van der Waals surface area contributed by atoms with E-state index in [1.165, 1.54) is 0 Å². The SMILES string of the molecule is C[C@@H]1CC[C@@]2(OC1)O[C@H]1C[C@H]3[C@@H]4CCC5C[C@@H](O)CC[C@]5(C)[C@H]4C(=O)C(O)[C@]3(C)[C@H]1[C@@H]2C. The van der Waals surface area contributed by atoms with E-state index in [1.807, 2.05) is 0 Å². The number of aliphatic hydroxyl groups is 2. The second kappa shape index (κ2) is 7.02. The van der Waals surface area contributed by atoms with Gasteiger partial charge in [0.1, 0.15) is 6.10 Å². The number of carbonyl (C=O) groups is 1. The Morgan fingerprint density at radius 3 is 2.50 bits per heavy atom. The van der Waals surface area contributed by atoms with Crippen LogP contribution in [0.4, 0.5) is 0 Å². The van der Waals surface area contributed by atoms with Crippen molar-refractivity contribution in [2.45, 2.75) is 103 Å². The molecule has 0 amide bonds. The van der Waals surface area contributed by atoms with Crippen molar-refractivity contribution in [1.82, 2.24) is 0 Å². The van der Waals surface area contributed by atoms with Crippen LogP contribution in [0.25, 0.3) is 0 Å². The van der Waals surface area contributed by atoms with Gasteiger partial charge < -0.3 is 19.7 Å². The smallest absolute Gasteiger partial charge is 0.171 e. The van der Waals surface area contributed by atoms with Crippen molar-refractivity contribution >= 4 is 5.78 Å². The monoisotopic (exact) mass is 446 g/mol. The van der Waals surface area contributed by atoms with Crippen LogP contribution in [0.1, 0.15) is 79.1 Å². The highest BCUT2D eigenvalue weighted by Crippen LogP contribution is 2.70. The lowest BCUT2D eigenvalue weighted by molar-refractivity contribution is -0.273. The van der Waals surface area contributed by atoms with Gasteiger partial charge in [0.05, 0.1) is 18.8 Å². The van der Waals surface area contributed by atoms with Crippen molar-refractivity contribution in [3.05, 3.63) is 0 Å². The number of aliphatic hydroxyl groups excluding tert-OH is 2. The van der Waals surface area contributed by atoms with E-state index in [0.29, 0.717) is 23.7 Å². The van der Waals surface area contributed by atoms with E-state index in [0.717, 1.165) is 58.0 Å². The van der Waals surface area contributed by atoms with Crippen LogP contribution in [0.2, 0.25) is 0 Å². The molecule has 6 rings (SSSR count). The molecular weight excluding hydrogens is 404 g/mol. The third-order valence-electron chi connectivity index (χ3n) is 11.8. The second-order valence-corrected chi connectivity index (χ2v) is 13.1. The molecular formula is C27H42O5. The van der Waals surface area contributed by atoms with Gasteiger partial charge in [-0.3, -0.25) is 4.79 Å². The Hall–Kier alpha value is -0.490. The summed E-state index contributed by atoms with van der Waals surface area (Å²) in [4.78, 5) is 14.0. The topological polar surface area (TPSA) is 76.0 Å². The van der Waals surface area contributed by atoms with Crippen molar-refractivity contribution < 1.29 is 24.5 Å². The number of fused-ring (bicyclic) bond motifs is 7. The molecule has 32 heavy (non-hydrogen) atoms. The van der Waals surface area contributed by atoms with Crippen molar-refractivity contribution in [3.8, 4) is 0 Å². The van der Waals surface area contributed by atoms with E-state index >= 15 is 0 Å². The first-order valence-electron chi connectivity index (χ1n) is 13.3. The Morgan fingerprint density at radius 2 is 1.78 bits per heavy atom. The number of carbonyl (C=O) groups excluding carboxylic acids is 1. The van der Waals surface area contributed by atoms with E-state index in [1.54, 1.807) is 0 Å². The third-order valence-corrected chi connectivity index (χ3v) is 11.8. The molecule has 0 aromatic carbocycles. The highest BCUT2D eigenvalue weighted by Gasteiger charge is 2.73. The summed E-state index contributed by atoms with van der Waals surface area (Å²) in [6.07, 6.45) is 6.54. The molecule has 5 heteroatoms. The van der Waals surface area contributed by atoms with Crippen LogP contribution < -0.4 is 0 Å². The van der Waals surface area contributed by atoms with Crippen LogP contribution >= 0.6 is 0 Å². The van der Waals surface area contributed by atoms with Crippen LogP contribution in [0.5, 0.6) is 0 Å². The summed E-state index contributed by atoms with van der Waals surface area (Å²) < 4.78 is 13.1. The lowest BCUT2D eigenvalue weighted by Crippen LogP contribution is -2.64. The lowest BCUT2D eigenvalue weighted by atomic mass is 9.43. The number of Topliss-reactive ketones (excluding diaryl/α,β-unsaturated/α-hetero) is 1. The summed E-state index contributed by atoms with van der Waals surface area (Å²) in [5, 5.41) is 22.0. The van der Waals surface area contributed by atoms with Crippen LogP contribution in [-0.4, -0.2) is 46.7 Å². The van der Waals surface area contributed by atoms with E-state index < -0.39 is 17.3 Å². The number of hydrogen-bond acceptors (Lipinski definition) is 5. The van der Waals surface area contributed by atoms with Gasteiger partial charge in [-0.15, -0.1) is 0 Å². The molecule has 2 N–H and O–H groups in total. The summed E-state index contributed by atoms with van der Waals surface area (Å²) >= 11 is 0. The molecule has 0 aromatic rings. The largest absolute Gasteiger partial charge is 0.393 e. The van der Waals surface area contributed by atoms with Crippen LogP contribution in [0.3, 0.4) is 0 Å². The molecule has 6 aliphatic rings. The molecule has 13 atom stereocenters. The summed E-state index contributed by atoms with van der Waals surface area (Å²) in [5.74, 6) is 1.45. The lowest BCUT2D eigenvalue weighted by Gasteiger charge is -2.61. The third kappa shape index (κ3) is 2.63. The maximum Gasteiger partial charge on any atom is 0.171 e. The van der Waals surface area contributed by atoms with Gasteiger partial charge in [-0.25, -0.2) is 0 Å². The number of rotatable bonds is 0. The normalized spacial score (nSPS) is 61.8. The fourth-order valence-corrected chi connectivity index (χ4v) is 10.0. The van der Waals surface area contributed by atoms with Gasteiger partial charge in [0.2, 0.25) is 0 Å². The zero-order valence-electron chi connectivity index (χ0n) is 20.3.